The molecule has 3 rings (SSSR count). The van der Waals surface area contributed by atoms with Gasteiger partial charge in [0.25, 0.3) is 0 Å². The number of rotatable bonds is 5. The molecule has 13 heteroatoms. The van der Waals surface area contributed by atoms with Crippen LogP contribution in [0.4, 0.5) is 0 Å². The summed E-state index contributed by atoms with van der Waals surface area (Å²) in [5.41, 5.74) is -0.691. The van der Waals surface area contributed by atoms with E-state index in [1.54, 1.807) is 51.3 Å². The first kappa shape index (κ1) is 32.5. The quantitative estimate of drug-likeness (QED) is 0.166. The number of benzene rings is 1. The molecule has 11 nitrogen and oxygen atoms in total. The van der Waals surface area contributed by atoms with E-state index in [1.807, 2.05) is 6.08 Å². The summed E-state index contributed by atoms with van der Waals surface area (Å²) >= 11 is 0. The second kappa shape index (κ2) is 15.8. The van der Waals surface area contributed by atoms with Crippen molar-refractivity contribution in [1.82, 2.24) is 21.3 Å². The fourth-order valence-electron chi connectivity index (χ4n) is 4.38. The molecule has 1 aromatic carbocycles. The van der Waals surface area contributed by atoms with E-state index in [1.165, 1.54) is 21.6 Å². The van der Waals surface area contributed by atoms with Crippen LogP contribution in [0.1, 0.15) is 32.3 Å². The number of esters is 1. The highest BCUT2D eigenvalue weighted by molar-refractivity contribution is 8.76. The van der Waals surface area contributed by atoms with Crippen LogP contribution in [0.2, 0.25) is 0 Å². The van der Waals surface area contributed by atoms with Crippen molar-refractivity contribution < 1.29 is 33.4 Å². The number of nitrogens with one attached hydrogen (secondary N) is 4. The average molecular weight is 607 g/mol. The van der Waals surface area contributed by atoms with Gasteiger partial charge in [-0.2, -0.15) is 0 Å². The molecule has 2 aliphatic rings. The first-order valence-electron chi connectivity index (χ1n) is 13.5. The van der Waals surface area contributed by atoms with Crippen LogP contribution in [0.25, 0.3) is 0 Å². The van der Waals surface area contributed by atoms with Crippen LogP contribution in [0.5, 0.6) is 5.75 Å². The summed E-state index contributed by atoms with van der Waals surface area (Å²) < 4.78 is 10.8. The Kier molecular flexibility index (Phi) is 12.5. The molecule has 0 spiro atoms. The second-order valence-electron chi connectivity index (χ2n) is 10.3. The number of methoxy groups -OCH3 is 1. The van der Waals surface area contributed by atoms with Gasteiger partial charge in [-0.05, 0) is 36.1 Å². The van der Waals surface area contributed by atoms with Crippen LogP contribution in [-0.4, -0.2) is 85.4 Å². The molecular weight excluding hydrogens is 568 g/mol. The van der Waals surface area contributed by atoms with E-state index in [0.717, 1.165) is 5.56 Å². The molecule has 2 heterocycles. The van der Waals surface area contributed by atoms with E-state index in [4.69, 9.17) is 9.47 Å². The summed E-state index contributed by atoms with van der Waals surface area (Å²) in [6.45, 7) is 3.24. The summed E-state index contributed by atoms with van der Waals surface area (Å²) in [4.78, 5) is 65.3. The summed E-state index contributed by atoms with van der Waals surface area (Å²) in [6.07, 6.45) is 3.95. The van der Waals surface area contributed by atoms with Gasteiger partial charge in [0.05, 0.1) is 20.1 Å². The minimum absolute atomic E-state index is 0.0818. The van der Waals surface area contributed by atoms with Gasteiger partial charge in [-0.1, -0.05) is 53.6 Å². The molecule has 0 radical (unpaired) electrons. The smallest absolute Gasteiger partial charge is 0.320 e. The molecule has 4 N–H and O–H groups in total. The summed E-state index contributed by atoms with van der Waals surface area (Å²) in [6, 6.07) is 5.17. The number of carbonyl (C=O) groups is 5. The Balaban J connectivity index is 2.00. The van der Waals surface area contributed by atoms with Gasteiger partial charge in [-0.15, -0.1) is 0 Å². The Bertz CT molecular complexity index is 1120. The monoisotopic (exact) mass is 606 g/mol. The molecule has 0 aliphatic carbocycles. The summed E-state index contributed by atoms with van der Waals surface area (Å²) in [5, 5.41) is 11.3. The van der Waals surface area contributed by atoms with Crippen molar-refractivity contribution in [3.8, 4) is 5.75 Å². The number of hydrogen-bond acceptors (Lipinski definition) is 10. The molecule has 1 aromatic rings. The Morgan fingerprint density at radius 2 is 1.85 bits per heavy atom. The number of ether oxygens (including phenoxy) is 2. The van der Waals surface area contributed by atoms with Crippen LogP contribution in [0.3, 0.4) is 0 Å². The maximum atomic E-state index is 13.7. The molecule has 41 heavy (non-hydrogen) atoms. The van der Waals surface area contributed by atoms with Crippen LogP contribution in [0, 0.1) is 5.92 Å². The Morgan fingerprint density at radius 3 is 2.54 bits per heavy atom. The molecular formula is C28H38N4O7S2. The van der Waals surface area contributed by atoms with Gasteiger partial charge < -0.3 is 35.5 Å². The highest BCUT2D eigenvalue weighted by Gasteiger charge is 2.36. The predicted octanol–water partition coefficient (Wildman–Crippen LogP) is 1.16. The molecule has 4 atom stereocenters. The van der Waals surface area contributed by atoms with Gasteiger partial charge in [0.15, 0.2) is 0 Å². The highest BCUT2D eigenvalue weighted by Crippen LogP contribution is 2.24. The predicted molar refractivity (Wildman–Crippen MR) is 158 cm³/mol. The van der Waals surface area contributed by atoms with Gasteiger partial charge >= 0.3 is 5.97 Å². The van der Waals surface area contributed by atoms with Gasteiger partial charge in [0.1, 0.15) is 35.8 Å². The topological polar surface area (TPSA) is 152 Å². The molecule has 0 aromatic heterocycles. The first-order chi connectivity index (χ1) is 19.6. The van der Waals surface area contributed by atoms with Crippen molar-refractivity contribution in [2.45, 2.75) is 56.8 Å². The van der Waals surface area contributed by atoms with E-state index >= 15 is 0 Å². The number of allylic oxidation sites excluding steroid dienone is 1. The molecule has 1 saturated heterocycles. The van der Waals surface area contributed by atoms with E-state index < -0.39 is 47.4 Å². The largest absolute Gasteiger partial charge is 0.497 e. The van der Waals surface area contributed by atoms with Crippen molar-refractivity contribution in [2.75, 3.05) is 31.7 Å². The lowest BCUT2D eigenvalue weighted by Crippen LogP contribution is -2.63. The van der Waals surface area contributed by atoms with E-state index in [2.05, 4.69) is 21.3 Å². The number of aldehydes is 1. The normalized spacial score (nSPS) is 28.0. The Labute approximate surface area is 248 Å². The minimum Gasteiger partial charge on any atom is -0.497 e. The van der Waals surface area contributed by atoms with Gasteiger partial charge in [-0.3, -0.25) is 19.2 Å². The van der Waals surface area contributed by atoms with E-state index in [-0.39, 0.29) is 37.6 Å². The SMILES string of the molecule is COc1ccc(CC2(C=O)CNCC(=O)OC3/C=C/CCSSC[C@@H](NC(=O)[C@@H](C(C)C)NC(=O)C3)C(=O)N2)cc1. The second-order valence-corrected chi connectivity index (χ2v) is 12.9. The lowest BCUT2D eigenvalue weighted by molar-refractivity contribution is -0.147. The van der Waals surface area contributed by atoms with E-state index in [0.29, 0.717) is 24.2 Å². The average Bonchev–Trinajstić information content (AvgIpc) is 2.94. The zero-order valence-corrected chi connectivity index (χ0v) is 25.1. The molecule has 3 amide bonds. The van der Waals surface area contributed by atoms with Gasteiger partial charge in [0.2, 0.25) is 17.7 Å². The molecule has 224 valence electrons. The van der Waals surface area contributed by atoms with Gasteiger partial charge in [-0.25, -0.2) is 0 Å². The van der Waals surface area contributed by atoms with Crippen LogP contribution in [-0.2, 0) is 35.1 Å². The zero-order chi connectivity index (χ0) is 29.8. The van der Waals surface area contributed by atoms with Crippen LogP contribution in [0.15, 0.2) is 36.4 Å². The third-order valence-corrected chi connectivity index (χ3v) is 9.04. The maximum Gasteiger partial charge on any atom is 0.320 e. The van der Waals surface area contributed by atoms with E-state index in [9.17, 15) is 24.0 Å². The first-order valence-corrected chi connectivity index (χ1v) is 16.0. The molecule has 2 aliphatic heterocycles. The Hall–Kier alpha value is -3.03. The standard InChI is InChI=1S/C28H38N4O7S2/c1-18(2)25-27(37)30-22-15-41-40-11-5-4-6-21(12-23(34)31-25)39-24(35)14-29-16-28(17-33,32-26(22)36)13-19-7-9-20(38-3)10-8-19/h4,6-10,17-18,21-22,25,29H,5,11-16H2,1-3H3,(H,30,37)(H,31,34)(H,32,36)/b6-4+/t21?,22-,25-,28?/m1/s1. The number of amides is 3. The number of carbonyl (C=O) groups excluding carboxylic acids is 5. The molecule has 1 fully saturated rings. The lowest BCUT2D eigenvalue weighted by Gasteiger charge is -2.33. The third-order valence-electron chi connectivity index (χ3n) is 6.59. The fraction of sp³-hybridized carbons (Fsp3) is 0.536. The summed E-state index contributed by atoms with van der Waals surface area (Å²) in [7, 11) is 4.50. The van der Waals surface area contributed by atoms with Gasteiger partial charge in [0, 0.05) is 24.5 Å². The van der Waals surface area contributed by atoms with Crippen molar-refractivity contribution in [1.29, 1.82) is 0 Å². The third kappa shape index (κ3) is 10.1. The maximum absolute atomic E-state index is 13.7. The van der Waals surface area contributed by atoms with Crippen molar-refractivity contribution >= 4 is 51.6 Å². The Morgan fingerprint density at radius 1 is 1.10 bits per heavy atom. The minimum atomic E-state index is -1.44. The van der Waals surface area contributed by atoms with Crippen molar-refractivity contribution in [3.63, 3.8) is 0 Å². The highest BCUT2D eigenvalue weighted by atomic mass is 33.1. The molecule has 2 unspecified atom stereocenters. The lowest BCUT2D eigenvalue weighted by atomic mass is 9.91. The fourth-order valence-corrected chi connectivity index (χ4v) is 6.54. The van der Waals surface area contributed by atoms with Crippen LogP contribution >= 0.6 is 21.6 Å². The molecule has 0 saturated carbocycles. The summed E-state index contributed by atoms with van der Waals surface area (Å²) in [5.74, 6) is -0.870. The molecule has 2 bridgehead atoms. The number of fused-ring (bicyclic) bond motifs is 7. The van der Waals surface area contributed by atoms with Crippen molar-refractivity contribution in [2.24, 2.45) is 5.92 Å². The number of hydrogen-bond donors (Lipinski definition) is 4. The zero-order valence-electron chi connectivity index (χ0n) is 23.5. The van der Waals surface area contributed by atoms with Crippen molar-refractivity contribution in [3.05, 3.63) is 42.0 Å². The van der Waals surface area contributed by atoms with Crippen LogP contribution < -0.4 is 26.0 Å².